The predicted octanol–water partition coefficient (Wildman–Crippen LogP) is 2.85. The highest BCUT2D eigenvalue weighted by atomic mass is 16.5. The van der Waals surface area contributed by atoms with Crippen LogP contribution in [0.25, 0.3) is 5.69 Å². The minimum Gasteiger partial charge on any atom is -0.382 e. The Morgan fingerprint density at radius 1 is 1.32 bits per heavy atom. The second-order valence-corrected chi connectivity index (χ2v) is 4.89. The van der Waals surface area contributed by atoms with Crippen LogP contribution in [0.2, 0.25) is 0 Å². The summed E-state index contributed by atoms with van der Waals surface area (Å²) in [5.74, 6) is 0. The SMILES string of the molecule is CCOC1CC(Nc2ccc(-n3cccn3)cc2)C1. The fourth-order valence-electron chi connectivity index (χ4n) is 2.42. The molecular formula is C15H19N3O. The van der Waals surface area contributed by atoms with E-state index < -0.39 is 0 Å². The fourth-order valence-corrected chi connectivity index (χ4v) is 2.42. The molecule has 2 aromatic rings. The standard InChI is InChI=1S/C15H19N3O/c1-2-19-15-10-13(11-15)17-12-4-6-14(7-5-12)18-9-3-8-16-18/h3-9,13,15,17H,2,10-11H2,1H3. The third-order valence-corrected chi connectivity index (χ3v) is 3.50. The maximum atomic E-state index is 5.56. The van der Waals surface area contributed by atoms with Gasteiger partial charge in [-0.25, -0.2) is 4.68 Å². The summed E-state index contributed by atoms with van der Waals surface area (Å²) >= 11 is 0. The van der Waals surface area contributed by atoms with Crippen LogP contribution in [0.3, 0.4) is 0 Å². The molecule has 0 bridgehead atoms. The monoisotopic (exact) mass is 257 g/mol. The lowest BCUT2D eigenvalue weighted by atomic mass is 9.89. The highest BCUT2D eigenvalue weighted by molar-refractivity contribution is 5.49. The van der Waals surface area contributed by atoms with Gasteiger partial charge in [-0.2, -0.15) is 5.10 Å². The Kier molecular flexibility index (Phi) is 3.51. The zero-order valence-corrected chi connectivity index (χ0v) is 11.1. The highest BCUT2D eigenvalue weighted by Gasteiger charge is 2.29. The molecule has 1 N–H and O–H groups in total. The van der Waals surface area contributed by atoms with Gasteiger partial charge in [-0.15, -0.1) is 0 Å². The van der Waals surface area contributed by atoms with Crippen molar-refractivity contribution in [2.75, 3.05) is 11.9 Å². The molecular weight excluding hydrogens is 238 g/mol. The molecule has 1 heterocycles. The minimum atomic E-state index is 0.450. The number of ether oxygens (including phenoxy) is 1. The largest absolute Gasteiger partial charge is 0.382 e. The molecule has 3 rings (SSSR count). The lowest BCUT2D eigenvalue weighted by Crippen LogP contribution is -2.40. The molecule has 1 fully saturated rings. The van der Waals surface area contributed by atoms with Gasteiger partial charge in [0.05, 0.1) is 11.8 Å². The Morgan fingerprint density at radius 2 is 2.11 bits per heavy atom. The van der Waals surface area contributed by atoms with E-state index in [1.807, 2.05) is 16.9 Å². The van der Waals surface area contributed by atoms with Crippen molar-refractivity contribution < 1.29 is 4.74 Å². The first-order chi connectivity index (χ1) is 9.35. The molecule has 0 radical (unpaired) electrons. The number of aromatic nitrogens is 2. The molecule has 100 valence electrons. The van der Waals surface area contributed by atoms with Gasteiger partial charge < -0.3 is 10.1 Å². The van der Waals surface area contributed by atoms with E-state index in [-0.39, 0.29) is 0 Å². The van der Waals surface area contributed by atoms with Crippen molar-refractivity contribution in [3.8, 4) is 5.69 Å². The number of nitrogens with one attached hydrogen (secondary N) is 1. The van der Waals surface area contributed by atoms with Crippen LogP contribution in [0.15, 0.2) is 42.7 Å². The van der Waals surface area contributed by atoms with E-state index in [0.717, 1.165) is 30.8 Å². The van der Waals surface area contributed by atoms with E-state index in [1.54, 1.807) is 6.20 Å². The van der Waals surface area contributed by atoms with Gasteiger partial charge in [0.15, 0.2) is 0 Å². The summed E-state index contributed by atoms with van der Waals surface area (Å²) in [6.45, 7) is 2.87. The zero-order valence-electron chi connectivity index (χ0n) is 11.1. The van der Waals surface area contributed by atoms with Gasteiger partial charge in [0.1, 0.15) is 0 Å². The summed E-state index contributed by atoms with van der Waals surface area (Å²) in [5.41, 5.74) is 2.24. The third kappa shape index (κ3) is 2.79. The van der Waals surface area contributed by atoms with Crippen LogP contribution in [0.1, 0.15) is 19.8 Å². The second-order valence-electron chi connectivity index (χ2n) is 4.89. The summed E-state index contributed by atoms with van der Waals surface area (Å²) in [6, 6.07) is 10.8. The molecule has 1 aromatic carbocycles. The van der Waals surface area contributed by atoms with Crippen molar-refractivity contribution in [2.45, 2.75) is 31.9 Å². The fraction of sp³-hybridized carbons (Fsp3) is 0.400. The van der Waals surface area contributed by atoms with Crippen LogP contribution in [0.4, 0.5) is 5.69 Å². The molecule has 0 atom stereocenters. The molecule has 0 aliphatic heterocycles. The molecule has 1 aliphatic carbocycles. The summed E-state index contributed by atoms with van der Waals surface area (Å²) in [4.78, 5) is 0. The topological polar surface area (TPSA) is 39.1 Å². The van der Waals surface area contributed by atoms with Crippen LogP contribution >= 0.6 is 0 Å². The number of hydrogen-bond donors (Lipinski definition) is 1. The molecule has 0 amide bonds. The Morgan fingerprint density at radius 3 is 2.74 bits per heavy atom. The maximum Gasteiger partial charge on any atom is 0.0647 e. The van der Waals surface area contributed by atoms with Crippen molar-refractivity contribution in [1.29, 1.82) is 0 Å². The van der Waals surface area contributed by atoms with Crippen LogP contribution in [-0.4, -0.2) is 28.5 Å². The first kappa shape index (κ1) is 12.2. The Balaban J connectivity index is 1.56. The van der Waals surface area contributed by atoms with E-state index in [1.165, 1.54) is 0 Å². The lowest BCUT2D eigenvalue weighted by Gasteiger charge is -2.36. The number of nitrogens with zero attached hydrogens (tertiary/aromatic N) is 2. The average molecular weight is 257 g/mol. The van der Waals surface area contributed by atoms with Gasteiger partial charge in [0.25, 0.3) is 0 Å². The quantitative estimate of drug-likeness (QED) is 0.895. The molecule has 4 heteroatoms. The molecule has 1 aliphatic rings. The first-order valence-electron chi connectivity index (χ1n) is 6.83. The summed E-state index contributed by atoms with van der Waals surface area (Å²) in [7, 11) is 0. The summed E-state index contributed by atoms with van der Waals surface area (Å²) in [5, 5.41) is 7.74. The van der Waals surface area contributed by atoms with Gasteiger partial charge in [0.2, 0.25) is 0 Å². The van der Waals surface area contributed by atoms with E-state index in [9.17, 15) is 0 Å². The number of anilines is 1. The van der Waals surface area contributed by atoms with Gasteiger partial charge in [-0.05, 0) is 50.1 Å². The first-order valence-corrected chi connectivity index (χ1v) is 6.83. The van der Waals surface area contributed by atoms with Gasteiger partial charge in [-0.1, -0.05) is 0 Å². The van der Waals surface area contributed by atoms with Crippen LogP contribution in [0.5, 0.6) is 0 Å². The highest BCUT2D eigenvalue weighted by Crippen LogP contribution is 2.27. The van der Waals surface area contributed by atoms with Gasteiger partial charge in [0, 0.05) is 30.7 Å². The van der Waals surface area contributed by atoms with Crippen LogP contribution in [0, 0.1) is 0 Å². The van der Waals surface area contributed by atoms with Gasteiger partial charge >= 0.3 is 0 Å². The molecule has 1 aromatic heterocycles. The van der Waals surface area contributed by atoms with E-state index in [4.69, 9.17) is 4.74 Å². The predicted molar refractivity (Wildman–Crippen MR) is 75.6 cm³/mol. The summed E-state index contributed by atoms with van der Waals surface area (Å²) < 4.78 is 7.42. The Bertz CT molecular complexity index is 501. The smallest absolute Gasteiger partial charge is 0.0647 e. The van der Waals surface area contributed by atoms with Crippen molar-refractivity contribution in [1.82, 2.24) is 9.78 Å². The normalized spacial score (nSPS) is 21.9. The third-order valence-electron chi connectivity index (χ3n) is 3.50. The number of benzene rings is 1. The molecule has 19 heavy (non-hydrogen) atoms. The second kappa shape index (κ2) is 5.45. The van der Waals surface area contributed by atoms with E-state index in [0.29, 0.717) is 12.1 Å². The van der Waals surface area contributed by atoms with E-state index in [2.05, 4.69) is 41.6 Å². The molecule has 4 nitrogen and oxygen atoms in total. The zero-order chi connectivity index (χ0) is 13.1. The lowest BCUT2D eigenvalue weighted by molar-refractivity contribution is 0.00299. The molecule has 1 saturated carbocycles. The molecule has 0 saturated heterocycles. The van der Waals surface area contributed by atoms with Crippen molar-refractivity contribution in [2.24, 2.45) is 0 Å². The maximum absolute atomic E-state index is 5.56. The van der Waals surface area contributed by atoms with Gasteiger partial charge in [-0.3, -0.25) is 0 Å². The van der Waals surface area contributed by atoms with Crippen molar-refractivity contribution in [3.63, 3.8) is 0 Å². The molecule has 0 spiro atoms. The average Bonchev–Trinajstić information content (AvgIpc) is 2.91. The minimum absolute atomic E-state index is 0.450. The van der Waals surface area contributed by atoms with Crippen LogP contribution < -0.4 is 5.32 Å². The van der Waals surface area contributed by atoms with Crippen LogP contribution in [-0.2, 0) is 4.74 Å². The summed E-state index contributed by atoms with van der Waals surface area (Å²) in [6.07, 6.45) is 6.39. The van der Waals surface area contributed by atoms with Crippen molar-refractivity contribution >= 4 is 5.69 Å². The number of hydrogen-bond acceptors (Lipinski definition) is 3. The van der Waals surface area contributed by atoms with E-state index >= 15 is 0 Å². The Labute approximate surface area is 113 Å². The number of rotatable bonds is 5. The van der Waals surface area contributed by atoms with Crippen molar-refractivity contribution in [3.05, 3.63) is 42.7 Å². The Hall–Kier alpha value is -1.81. The molecule has 0 unspecified atom stereocenters.